The van der Waals surface area contributed by atoms with Crippen LogP contribution in [0.5, 0.6) is 0 Å². The van der Waals surface area contributed by atoms with Gasteiger partial charge < -0.3 is 5.32 Å². The normalized spacial score (nSPS) is 15.4. The van der Waals surface area contributed by atoms with Crippen molar-refractivity contribution in [3.63, 3.8) is 0 Å². The van der Waals surface area contributed by atoms with Gasteiger partial charge in [0.1, 0.15) is 5.82 Å². The lowest BCUT2D eigenvalue weighted by molar-refractivity contribution is 0.353. The fourth-order valence-electron chi connectivity index (χ4n) is 3.03. The van der Waals surface area contributed by atoms with Crippen molar-refractivity contribution in [1.82, 2.24) is 5.32 Å². The van der Waals surface area contributed by atoms with Gasteiger partial charge in [0, 0.05) is 12.0 Å². The maximum atomic E-state index is 13.6. The van der Waals surface area contributed by atoms with Gasteiger partial charge >= 0.3 is 0 Å². The van der Waals surface area contributed by atoms with Gasteiger partial charge in [-0.05, 0) is 36.2 Å². The number of likely N-dealkylation sites (N-methyl/N-ethyl adjacent to an activating group) is 1. The van der Waals surface area contributed by atoms with Crippen molar-refractivity contribution in [2.24, 2.45) is 5.92 Å². The van der Waals surface area contributed by atoms with Gasteiger partial charge in [0.25, 0.3) is 0 Å². The number of nitrogens with one attached hydrogen (secondary N) is 1. The van der Waals surface area contributed by atoms with E-state index in [0.717, 1.165) is 12.0 Å². The molecule has 2 aromatic rings. The predicted octanol–water partition coefficient (Wildman–Crippen LogP) is 4.92. The topological polar surface area (TPSA) is 12.0 Å². The molecule has 0 aliphatic carbocycles. The molecule has 21 heavy (non-hydrogen) atoms. The van der Waals surface area contributed by atoms with E-state index >= 15 is 0 Å². The van der Waals surface area contributed by atoms with Crippen molar-refractivity contribution < 1.29 is 4.39 Å². The molecule has 3 unspecified atom stereocenters. The molecule has 0 fully saturated rings. The van der Waals surface area contributed by atoms with Gasteiger partial charge in [-0.15, -0.1) is 0 Å². The molecule has 0 aromatic heterocycles. The first-order chi connectivity index (χ1) is 10.2. The highest BCUT2D eigenvalue weighted by atomic mass is 19.1. The number of halogens is 1. The minimum Gasteiger partial charge on any atom is -0.312 e. The van der Waals surface area contributed by atoms with Crippen molar-refractivity contribution in [3.05, 3.63) is 71.5 Å². The Balaban J connectivity index is 2.43. The van der Waals surface area contributed by atoms with Crippen molar-refractivity contribution >= 4 is 0 Å². The van der Waals surface area contributed by atoms with E-state index < -0.39 is 0 Å². The van der Waals surface area contributed by atoms with E-state index in [0.29, 0.717) is 11.8 Å². The fraction of sp³-hybridized carbons (Fsp3) is 0.368. The van der Waals surface area contributed by atoms with Crippen LogP contribution in [-0.2, 0) is 0 Å². The Morgan fingerprint density at radius 3 is 2.24 bits per heavy atom. The highest BCUT2D eigenvalue weighted by Crippen LogP contribution is 2.38. The summed E-state index contributed by atoms with van der Waals surface area (Å²) in [6.45, 7) is 4.47. The molecular weight excluding hydrogens is 261 g/mol. The third-order valence-electron chi connectivity index (χ3n) is 4.32. The average molecular weight is 285 g/mol. The van der Waals surface area contributed by atoms with E-state index in [1.54, 1.807) is 12.1 Å². The van der Waals surface area contributed by atoms with E-state index in [1.165, 1.54) is 11.6 Å². The van der Waals surface area contributed by atoms with Crippen molar-refractivity contribution in [2.45, 2.75) is 32.2 Å². The lowest BCUT2D eigenvalue weighted by Gasteiger charge is -2.32. The second-order valence-electron chi connectivity index (χ2n) is 5.64. The minimum atomic E-state index is -0.177. The van der Waals surface area contributed by atoms with Crippen molar-refractivity contribution in [3.8, 4) is 0 Å². The molecular formula is C19H24FN. The quantitative estimate of drug-likeness (QED) is 0.794. The molecule has 2 aromatic carbocycles. The number of rotatable bonds is 6. The summed E-state index contributed by atoms with van der Waals surface area (Å²) in [5.74, 6) is 0.653. The number of hydrogen-bond acceptors (Lipinski definition) is 1. The smallest absolute Gasteiger partial charge is 0.123 e. The first-order valence-corrected chi connectivity index (χ1v) is 7.65. The fourth-order valence-corrected chi connectivity index (χ4v) is 3.03. The molecule has 0 saturated heterocycles. The van der Waals surface area contributed by atoms with Gasteiger partial charge in [0.05, 0.1) is 0 Å². The van der Waals surface area contributed by atoms with Crippen LogP contribution in [0.3, 0.4) is 0 Å². The molecule has 0 bridgehead atoms. The highest BCUT2D eigenvalue weighted by molar-refractivity contribution is 5.29. The Labute approximate surface area is 127 Å². The van der Waals surface area contributed by atoms with Gasteiger partial charge in [-0.2, -0.15) is 0 Å². The molecule has 0 aliphatic rings. The number of hydrogen-bond donors (Lipinski definition) is 1. The number of benzene rings is 2. The Hall–Kier alpha value is -1.67. The van der Waals surface area contributed by atoms with Crippen LogP contribution in [-0.4, -0.2) is 7.05 Å². The summed E-state index contributed by atoms with van der Waals surface area (Å²) in [5.41, 5.74) is 2.31. The van der Waals surface area contributed by atoms with E-state index in [-0.39, 0.29) is 11.9 Å². The molecule has 0 amide bonds. The van der Waals surface area contributed by atoms with E-state index in [1.807, 2.05) is 19.2 Å². The van der Waals surface area contributed by atoms with Crippen LogP contribution in [0, 0.1) is 11.7 Å². The SMILES string of the molecule is CCC(C)C(c1ccccc1)C(NC)c1cccc(F)c1. The predicted molar refractivity (Wildman–Crippen MR) is 86.8 cm³/mol. The molecule has 112 valence electrons. The molecule has 0 heterocycles. The van der Waals surface area contributed by atoms with Crippen LogP contribution >= 0.6 is 0 Å². The Bertz CT molecular complexity index is 553. The molecule has 3 atom stereocenters. The average Bonchev–Trinajstić information content (AvgIpc) is 2.52. The molecule has 1 nitrogen and oxygen atoms in total. The monoisotopic (exact) mass is 285 g/mol. The maximum Gasteiger partial charge on any atom is 0.123 e. The largest absolute Gasteiger partial charge is 0.312 e. The third kappa shape index (κ3) is 3.70. The lowest BCUT2D eigenvalue weighted by Crippen LogP contribution is -2.28. The zero-order chi connectivity index (χ0) is 15.2. The summed E-state index contributed by atoms with van der Waals surface area (Å²) in [6.07, 6.45) is 1.09. The lowest BCUT2D eigenvalue weighted by atomic mass is 9.77. The molecule has 0 spiro atoms. The Morgan fingerprint density at radius 2 is 1.67 bits per heavy atom. The molecule has 1 N–H and O–H groups in total. The summed E-state index contributed by atoms with van der Waals surface area (Å²) < 4.78 is 13.6. The van der Waals surface area contributed by atoms with Crippen LogP contribution in [0.1, 0.15) is 43.4 Å². The molecule has 2 rings (SSSR count). The zero-order valence-corrected chi connectivity index (χ0v) is 13.0. The standard InChI is InChI=1S/C19H24FN/c1-4-14(2)18(15-9-6-5-7-10-15)19(21-3)16-11-8-12-17(20)13-16/h5-14,18-19,21H,4H2,1-3H3. The van der Waals surface area contributed by atoms with Crippen LogP contribution < -0.4 is 5.32 Å². The molecule has 2 heteroatoms. The highest BCUT2D eigenvalue weighted by Gasteiger charge is 2.27. The first kappa shape index (κ1) is 15.7. The van der Waals surface area contributed by atoms with Crippen LogP contribution in [0.4, 0.5) is 4.39 Å². The molecule has 0 aliphatic heterocycles. The zero-order valence-electron chi connectivity index (χ0n) is 13.0. The summed E-state index contributed by atoms with van der Waals surface area (Å²) in [6, 6.07) is 17.5. The second-order valence-corrected chi connectivity index (χ2v) is 5.64. The molecule has 0 radical (unpaired) electrons. The van der Waals surface area contributed by atoms with E-state index in [9.17, 15) is 4.39 Å². The molecule has 0 saturated carbocycles. The first-order valence-electron chi connectivity index (χ1n) is 7.65. The van der Waals surface area contributed by atoms with Crippen LogP contribution in [0.25, 0.3) is 0 Å². The Kier molecular flexibility index (Phi) is 5.51. The van der Waals surface area contributed by atoms with Gasteiger partial charge in [-0.25, -0.2) is 4.39 Å². The Morgan fingerprint density at radius 1 is 1.00 bits per heavy atom. The summed E-state index contributed by atoms with van der Waals surface area (Å²) in [4.78, 5) is 0. The second kappa shape index (κ2) is 7.37. The minimum absolute atomic E-state index is 0.109. The summed E-state index contributed by atoms with van der Waals surface area (Å²) in [5, 5.41) is 3.39. The van der Waals surface area contributed by atoms with Crippen LogP contribution in [0.2, 0.25) is 0 Å². The summed E-state index contributed by atoms with van der Waals surface area (Å²) in [7, 11) is 1.95. The van der Waals surface area contributed by atoms with Crippen LogP contribution in [0.15, 0.2) is 54.6 Å². The van der Waals surface area contributed by atoms with E-state index in [2.05, 4.69) is 43.4 Å². The maximum absolute atomic E-state index is 13.6. The van der Waals surface area contributed by atoms with Crippen molar-refractivity contribution in [1.29, 1.82) is 0 Å². The van der Waals surface area contributed by atoms with Crippen molar-refractivity contribution in [2.75, 3.05) is 7.05 Å². The van der Waals surface area contributed by atoms with E-state index in [4.69, 9.17) is 0 Å². The third-order valence-corrected chi connectivity index (χ3v) is 4.32. The van der Waals surface area contributed by atoms with Gasteiger partial charge in [0.15, 0.2) is 0 Å². The van der Waals surface area contributed by atoms with Gasteiger partial charge in [-0.3, -0.25) is 0 Å². The van der Waals surface area contributed by atoms with Gasteiger partial charge in [0.2, 0.25) is 0 Å². The van der Waals surface area contributed by atoms with Gasteiger partial charge in [-0.1, -0.05) is 62.7 Å². The summed E-state index contributed by atoms with van der Waals surface area (Å²) >= 11 is 0.